The summed E-state index contributed by atoms with van der Waals surface area (Å²) in [5.74, 6) is 0. The molecule has 0 aromatic carbocycles. The Morgan fingerprint density at radius 3 is 3.08 bits per heavy atom. The molecule has 0 amide bonds. The van der Waals surface area contributed by atoms with Crippen LogP contribution < -0.4 is 0 Å². The Labute approximate surface area is 74.0 Å². The Hall–Kier alpha value is -1.06. The van der Waals surface area contributed by atoms with E-state index in [-0.39, 0.29) is 6.61 Å². The fourth-order valence-corrected chi connectivity index (χ4v) is 1.28. The molecule has 2 heterocycles. The summed E-state index contributed by atoms with van der Waals surface area (Å²) < 4.78 is 0. The van der Waals surface area contributed by atoms with Gasteiger partial charge < -0.3 is 10.1 Å². The molecule has 3 nitrogen and oxygen atoms in total. The van der Waals surface area contributed by atoms with Crippen LogP contribution in [0.25, 0.3) is 11.0 Å². The molecule has 0 spiro atoms. The standard InChI is InChI=1S/C8H7ClN2O/c9-8-2-1-6-7(11-8)3-5(4-12)10-6/h1-3,10,12H,4H2. The summed E-state index contributed by atoms with van der Waals surface area (Å²) in [4.78, 5) is 7.07. The van der Waals surface area contributed by atoms with E-state index in [2.05, 4.69) is 9.97 Å². The molecule has 0 unspecified atom stereocenters. The number of pyridine rings is 1. The second kappa shape index (κ2) is 2.77. The zero-order valence-corrected chi connectivity index (χ0v) is 6.97. The zero-order valence-electron chi connectivity index (χ0n) is 6.21. The average Bonchev–Trinajstić information content (AvgIpc) is 2.46. The topological polar surface area (TPSA) is 48.9 Å². The van der Waals surface area contributed by atoms with E-state index in [0.717, 1.165) is 16.7 Å². The molecule has 2 aromatic rings. The van der Waals surface area contributed by atoms with Crippen molar-refractivity contribution in [1.29, 1.82) is 0 Å². The summed E-state index contributed by atoms with van der Waals surface area (Å²) in [5, 5.41) is 9.28. The number of halogens is 1. The Kier molecular flexibility index (Phi) is 1.75. The minimum Gasteiger partial charge on any atom is -0.390 e. The third-order valence-corrected chi connectivity index (χ3v) is 1.88. The highest BCUT2D eigenvalue weighted by molar-refractivity contribution is 6.29. The molecule has 62 valence electrons. The van der Waals surface area contributed by atoms with Crippen LogP contribution in [0.5, 0.6) is 0 Å². The van der Waals surface area contributed by atoms with Gasteiger partial charge in [-0.15, -0.1) is 0 Å². The van der Waals surface area contributed by atoms with Crippen molar-refractivity contribution in [2.75, 3.05) is 0 Å². The number of rotatable bonds is 1. The van der Waals surface area contributed by atoms with Gasteiger partial charge in [0.1, 0.15) is 5.15 Å². The van der Waals surface area contributed by atoms with Crippen molar-refractivity contribution in [2.24, 2.45) is 0 Å². The highest BCUT2D eigenvalue weighted by atomic mass is 35.5. The van der Waals surface area contributed by atoms with Crippen molar-refractivity contribution in [3.8, 4) is 0 Å². The molecule has 2 rings (SSSR count). The van der Waals surface area contributed by atoms with Gasteiger partial charge in [-0.25, -0.2) is 4.98 Å². The molecular weight excluding hydrogens is 176 g/mol. The minimum absolute atomic E-state index is 0.00597. The second-order valence-corrected chi connectivity index (χ2v) is 2.91. The number of nitrogens with one attached hydrogen (secondary N) is 1. The van der Waals surface area contributed by atoms with Crippen molar-refractivity contribution < 1.29 is 5.11 Å². The summed E-state index contributed by atoms with van der Waals surface area (Å²) in [5.41, 5.74) is 2.43. The summed E-state index contributed by atoms with van der Waals surface area (Å²) in [6.07, 6.45) is 0. The fraction of sp³-hybridized carbons (Fsp3) is 0.125. The number of fused-ring (bicyclic) bond motifs is 1. The van der Waals surface area contributed by atoms with E-state index in [1.807, 2.05) is 6.07 Å². The van der Waals surface area contributed by atoms with Gasteiger partial charge in [0.15, 0.2) is 0 Å². The molecule has 0 aliphatic carbocycles. The smallest absolute Gasteiger partial charge is 0.129 e. The van der Waals surface area contributed by atoms with Crippen molar-refractivity contribution in [3.63, 3.8) is 0 Å². The lowest BCUT2D eigenvalue weighted by Crippen LogP contribution is -1.78. The third kappa shape index (κ3) is 1.17. The maximum Gasteiger partial charge on any atom is 0.129 e. The van der Waals surface area contributed by atoms with Gasteiger partial charge in [-0.3, -0.25) is 0 Å². The molecular formula is C8H7ClN2O. The van der Waals surface area contributed by atoms with Crippen LogP contribution in [0, 0.1) is 0 Å². The van der Waals surface area contributed by atoms with Gasteiger partial charge in [0.05, 0.1) is 17.6 Å². The minimum atomic E-state index is -0.00597. The SMILES string of the molecule is OCc1cc2nc(Cl)ccc2[nH]1. The highest BCUT2D eigenvalue weighted by Crippen LogP contribution is 2.15. The first-order valence-corrected chi connectivity index (χ1v) is 3.92. The number of nitrogens with zero attached hydrogens (tertiary/aromatic N) is 1. The molecule has 2 N–H and O–H groups in total. The van der Waals surface area contributed by atoms with Gasteiger partial charge >= 0.3 is 0 Å². The van der Waals surface area contributed by atoms with Gasteiger partial charge in [-0.2, -0.15) is 0 Å². The molecule has 2 aromatic heterocycles. The van der Waals surface area contributed by atoms with E-state index < -0.39 is 0 Å². The lowest BCUT2D eigenvalue weighted by molar-refractivity contribution is 0.278. The second-order valence-electron chi connectivity index (χ2n) is 2.52. The summed E-state index contributed by atoms with van der Waals surface area (Å²) >= 11 is 5.68. The number of hydrogen-bond acceptors (Lipinski definition) is 2. The molecule has 0 bridgehead atoms. The van der Waals surface area contributed by atoms with Crippen molar-refractivity contribution >= 4 is 22.6 Å². The van der Waals surface area contributed by atoms with E-state index in [1.54, 1.807) is 12.1 Å². The number of aromatic nitrogens is 2. The van der Waals surface area contributed by atoms with Gasteiger partial charge in [0, 0.05) is 5.69 Å². The van der Waals surface area contributed by atoms with Crippen LogP contribution in [0.15, 0.2) is 18.2 Å². The largest absolute Gasteiger partial charge is 0.390 e. The number of aromatic amines is 1. The number of aliphatic hydroxyl groups excluding tert-OH is 1. The molecule has 4 heteroatoms. The predicted molar refractivity (Wildman–Crippen MR) is 47.0 cm³/mol. The molecule has 0 aliphatic heterocycles. The molecule has 0 fully saturated rings. The monoisotopic (exact) mass is 182 g/mol. The maximum absolute atomic E-state index is 8.82. The lowest BCUT2D eigenvalue weighted by atomic mass is 10.4. The Bertz CT molecular complexity index is 410. The average molecular weight is 183 g/mol. The van der Waals surface area contributed by atoms with E-state index in [1.165, 1.54) is 0 Å². The summed E-state index contributed by atoms with van der Waals surface area (Å²) in [6.45, 7) is -0.00597. The normalized spacial score (nSPS) is 10.8. The van der Waals surface area contributed by atoms with Gasteiger partial charge in [0.2, 0.25) is 0 Å². The lowest BCUT2D eigenvalue weighted by Gasteiger charge is -1.88. The van der Waals surface area contributed by atoms with E-state index in [9.17, 15) is 0 Å². The Morgan fingerprint density at radius 1 is 1.50 bits per heavy atom. The number of aliphatic hydroxyl groups is 1. The van der Waals surface area contributed by atoms with Crippen molar-refractivity contribution in [1.82, 2.24) is 9.97 Å². The Morgan fingerprint density at radius 2 is 2.33 bits per heavy atom. The van der Waals surface area contributed by atoms with Crippen LogP contribution in [-0.4, -0.2) is 15.1 Å². The highest BCUT2D eigenvalue weighted by Gasteiger charge is 2.00. The first-order valence-electron chi connectivity index (χ1n) is 3.54. The molecule has 0 atom stereocenters. The van der Waals surface area contributed by atoms with Crippen molar-refractivity contribution in [3.05, 3.63) is 29.0 Å². The zero-order chi connectivity index (χ0) is 8.55. The molecule has 0 saturated carbocycles. The van der Waals surface area contributed by atoms with E-state index in [0.29, 0.717) is 5.15 Å². The molecule has 0 radical (unpaired) electrons. The molecule has 0 aliphatic rings. The van der Waals surface area contributed by atoms with Crippen LogP contribution >= 0.6 is 11.6 Å². The van der Waals surface area contributed by atoms with Crippen molar-refractivity contribution in [2.45, 2.75) is 6.61 Å². The first kappa shape index (κ1) is 7.58. The van der Waals surface area contributed by atoms with E-state index >= 15 is 0 Å². The maximum atomic E-state index is 8.82. The van der Waals surface area contributed by atoms with Gasteiger partial charge in [0.25, 0.3) is 0 Å². The summed E-state index contributed by atoms with van der Waals surface area (Å²) in [7, 11) is 0. The van der Waals surface area contributed by atoms with Gasteiger partial charge in [-0.1, -0.05) is 11.6 Å². The molecule has 12 heavy (non-hydrogen) atoms. The first-order chi connectivity index (χ1) is 5.79. The predicted octanol–water partition coefficient (Wildman–Crippen LogP) is 1.71. The number of H-pyrrole nitrogens is 1. The van der Waals surface area contributed by atoms with E-state index in [4.69, 9.17) is 16.7 Å². The number of hydrogen-bond donors (Lipinski definition) is 2. The fourth-order valence-electron chi connectivity index (χ4n) is 1.13. The van der Waals surface area contributed by atoms with Crippen LogP contribution in [0.3, 0.4) is 0 Å². The van der Waals surface area contributed by atoms with Crippen LogP contribution in [-0.2, 0) is 6.61 Å². The Balaban J connectivity index is 2.67. The quantitative estimate of drug-likeness (QED) is 0.660. The van der Waals surface area contributed by atoms with Crippen LogP contribution in [0.2, 0.25) is 5.15 Å². The van der Waals surface area contributed by atoms with Crippen LogP contribution in [0.1, 0.15) is 5.69 Å². The molecule has 0 saturated heterocycles. The van der Waals surface area contributed by atoms with Crippen LogP contribution in [0.4, 0.5) is 0 Å². The third-order valence-electron chi connectivity index (χ3n) is 1.67. The summed E-state index contributed by atoms with van der Waals surface area (Å²) in [6, 6.07) is 5.33. The van der Waals surface area contributed by atoms with Gasteiger partial charge in [-0.05, 0) is 18.2 Å².